The largest absolute Gasteiger partial charge is 0.496 e. The SMILES string of the molecule is COc1ccc(S(=O)(=O)N2CCN(Cc3c(C)[nH]c(=O)[nH]c3=O)CC2)cc1C(N)=O. The molecule has 1 saturated heterocycles. The number of nitrogens with two attached hydrogens (primary N) is 1. The minimum absolute atomic E-state index is 0.00928. The second kappa shape index (κ2) is 8.42. The summed E-state index contributed by atoms with van der Waals surface area (Å²) >= 11 is 0. The molecular formula is C18H23N5O6S. The summed E-state index contributed by atoms with van der Waals surface area (Å²) in [4.78, 5) is 41.6. The first-order chi connectivity index (χ1) is 14.1. The highest BCUT2D eigenvalue weighted by atomic mass is 32.2. The van der Waals surface area contributed by atoms with Gasteiger partial charge in [-0.05, 0) is 25.1 Å². The van der Waals surface area contributed by atoms with E-state index in [4.69, 9.17) is 10.5 Å². The quantitative estimate of drug-likeness (QED) is 0.522. The van der Waals surface area contributed by atoms with Crippen LogP contribution >= 0.6 is 0 Å². The van der Waals surface area contributed by atoms with Gasteiger partial charge in [0.1, 0.15) is 5.75 Å². The van der Waals surface area contributed by atoms with Crippen molar-refractivity contribution >= 4 is 15.9 Å². The molecule has 11 nitrogen and oxygen atoms in total. The number of rotatable bonds is 6. The van der Waals surface area contributed by atoms with E-state index in [1.807, 2.05) is 4.90 Å². The smallest absolute Gasteiger partial charge is 0.325 e. The van der Waals surface area contributed by atoms with Gasteiger partial charge < -0.3 is 15.5 Å². The van der Waals surface area contributed by atoms with Crippen molar-refractivity contribution in [3.8, 4) is 5.75 Å². The number of hydrogen-bond donors (Lipinski definition) is 3. The van der Waals surface area contributed by atoms with Crippen molar-refractivity contribution in [2.24, 2.45) is 5.73 Å². The molecule has 1 amide bonds. The van der Waals surface area contributed by atoms with Crippen LogP contribution in [0.4, 0.5) is 0 Å². The van der Waals surface area contributed by atoms with Gasteiger partial charge in [-0.3, -0.25) is 19.5 Å². The second-order valence-corrected chi connectivity index (χ2v) is 8.86. The number of amides is 1. The molecule has 1 fully saturated rings. The first kappa shape index (κ1) is 21.7. The number of aryl methyl sites for hydroxylation is 1. The zero-order valence-corrected chi connectivity index (χ0v) is 17.4. The average Bonchev–Trinajstić information content (AvgIpc) is 2.70. The average molecular weight is 437 g/mol. The van der Waals surface area contributed by atoms with Gasteiger partial charge in [0.05, 0.1) is 23.1 Å². The van der Waals surface area contributed by atoms with Crippen LogP contribution in [0.5, 0.6) is 5.75 Å². The summed E-state index contributed by atoms with van der Waals surface area (Å²) in [6, 6.07) is 3.98. The lowest BCUT2D eigenvalue weighted by molar-refractivity contribution is 0.0997. The van der Waals surface area contributed by atoms with Crippen LogP contribution in [0.15, 0.2) is 32.7 Å². The van der Waals surface area contributed by atoms with Gasteiger partial charge in [0.15, 0.2) is 0 Å². The van der Waals surface area contributed by atoms with Crippen LogP contribution in [0, 0.1) is 6.92 Å². The normalized spacial score (nSPS) is 15.8. The molecule has 3 rings (SSSR count). The van der Waals surface area contributed by atoms with Crippen molar-refractivity contribution < 1.29 is 17.9 Å². The Morgan fingerprint density at radius 3 is 2.40 bits per heavy atom. The predicted octanol–water partition coefficient (Wildman–Crippen LogP) is -1.01. The molecule has 1 aromatic carbocycles. The third-order valence-electron chi connectivity index (χ3n) is 5.04. The first-order valence-corrected chi connectivity index (χ1v) is 10.6. The first-order valence-electron chi connectivity index (χ1n) is 9.16. The van der Waals surface area contributed by atoms with E-state index in [1.165, 1.54) is 29.6 Å². The number of aromatic amines is 2. The number of methoxy groups -OCH3 is 1. The van der Waals surface area contributed by atoms with E-state index in [9.17, 15) is 22.8 Å². The minimum Gasteiger partial charge on any atom is -0.496 e. The standard InChI is InChI=1S/C18H23N5O6S/c1-11-14(17(25)21-18(26)20-11)10-22-5-7-23(8-6-22)30(27,28)12-3-4-15(29-2)13(9-12)16(19)24/h3-4,9H,5-8,10H2,1-2H3,(H2,19,24)(H2,20,21,25,26). The Balaban J connectivity index is 1.74. The van der Waals surface area contributed by atoms with Gasteiger partial charge >= 0.3 is 5.69 Å². The third kappa shape index (κ3) is 4.30. The van der Waals surface area contributed by atoms with Crippen LogP contribution in [-0.4, -0.2) is 66.8 Å². The third-order valence-corrected chi connectivity index (χ3v) is 6.94. The van der Waals surface area contributed by atoms with Gasteiger partial charge in [0, 0.05) is 38.4 Å². The van der Waals surface area contributed by atoms with Crippen LogP contribution in [0.2, 0.25) is 0 Å². The molecule has 1 aliphatic heterocycles. The number of primary amides is 1. The number of carbonyl (C=O) groups excluding carboxylic acids is 1. The van der Waals surface area contributed by atoms with E-state index in [-0.39, 0.29) is 29.3 Å². The summed E-state index contributed by atoms with van der Waals surface area (Å²) in [5.41, 5.74) is 5.21. The Labute approximate surface area is 172 Å². The minimum atomic E-state index is -3.83. The number of benzene rings is 1. The maximum atomic E-state index is 13.0. The maximum Gasteiger partial charge on any atom is 0.325 e. The zero-order valence-electron chi connectivity index (χ0n) is 16.6. The molecule has 30 heavy (non-hydrogen) atoms. The number of piperazine rings is 1. The van der Waals surface area contributed by atoms with Gasteiger partial charge in [-0.1, -0.05) is 0 Å². The van der Waals surface area contributed by atoms with Gasteiger partial charge in [-0.2, -0.15) is 4.31 Å². The van der Waals surface area contributed by atoms with Crippen molar-refractivity contribution in [3.05, 3.63) is 55.9 Å². The Hall–Kier alpha value is -2.96. The highest BCUT2D eigenvalue weighted by Gasteiger charge is 2.30. The van der Waals surface area contributed by atoms with Crippen LogP contribution in [0.25, 0.3) is 0 Å². The van der Waals surface area contributed by atoms with E-state index < -0.39 is 27.2 Å². The van der Waals surface area contributed by atoms with E-state index in [0.29, 0.717) is 30.9 Å². The molecule has 0 aliphatic carbocycles. The van der Waals surface area contributed by atoms with Crippen molar-refractivity contribution in [3.63, 3.8) is 0 Å². The second-order valence-electron chi connectivity index (χ2n) is 6.92. The van der Waals surface area contributed by atoms with Crippen molar-refractivity contribution in [1.82, 2.24) is 19.2 Å². The fourth-order valence-electron chi connectivity index (χ4n) is 3.36. The lowest BCUT2D eigenvalue weighted by Gasteiger charge is -2.34. The molecule has 0 bridgehead atoms. The van der Waals surface area contributed by atoms with Gasteiger partial charge in [0.2, 0.25) is 10.0 Å². The number of nitrogens with one attached hydrogen (secondary N) is 2. The molecule has 162 valence electrons. The monoisotopic (exact) mass is 437 g/mol. The van der Waals surface area contributed by atoms with Crippen LogP contribution in [0.3, 0.4) is 0 Å². The van der Waals surface area contributed by atoms with Crippen molar-refractivity contribution in [2.45, 2.75) is 18.4 Å². The van der Waals surface area contributed by atoms with Gasteiger partial charge in [0.25, 0.3) is 11.5 Å². The number of ether oxygens (including phenoxy) is 1. The molecule has 0 atom stereocenters. The Morgan fingerprint density at radius 1 is 1.17 bits per heavy atom. The van der Waals surface area contributed by atoms with Gasteiger partial charge in [-0.15, -0.1) is 0 Å². The Morgan fingerprint density at radius 2 is 1.83 bits per heavy atom. The molecule has 1 aromatic heterocycles. The summed E-state index contributed by atoms with van der Waals surface area (Å²) in [7, 11) is -2.47. The predicted molar refractivity (Wildman–Crippen MR) is 108 cm³/mol. The van der Waals surface area contributed by atoms with Crippen LogP contribution < -0.4 is 21.7 Å². The highest BCUT2D eigenvalue weighted by molar-refractivity contribution is 7.89. The molecule has 12 heteroatoms. The molecular weight excluding hydrogens is 414 g/mol. The highest BCUT2D eigenvalue weighted by Crippen LogP contribution is 2.25. The molecule has 0 saturated carbocycles. The van der Waals surface area contributed by atoms with Crippen molar-refractivity contribution in [2.75, 3.05) is 33.3 Å². The molecule has 2 heterocycles. The molecule has 0 unspecified atom stereocenters. The summed E-state index contributed by atoms with van der Waals surface area (Å²) in [6.45, 7) is 3.15. The van der Waals surface area contributed by atoms with E-state index in [2.05, 4.69) is 9.97 Å². The molecule has 1 aliphatic rings. The van der Waals surface area contributed by atoms with E-state index >= 15 is 0 Å². The number of carbonyl (C=O) groups is 1. The molecule has 0 radical (unpaired) electrons. The number of hydrogen-bond acceptors (Lipinski definition) is 7. The number of nitrogens with zero attached hydrogens (tertiary/aromatic N) is 2. The van der Waals surface area contributed by atoms with E-state index in [1.54, 1.807) is 6.92 Å². The fourth-order valence-corrected chi connectivity index (χ4v) is 4.81. The summed E-state index contributed by atoms with van der Waals surface area (Å²) < 4.78 is 32.4. The number of sulfonamides is 1. The fraction of sp³-hybridized carbons (Fsp3) is 0.389. The molecule has 0 spiro atoms. The van der Waals surface area contributed by atoms with Crippen LogP contribution in [0.1, 0.15) is 21.6 Å². The topological polar surface area (TPSA) is 159 Å². The lowest BCUT2D eigenvalue weighted by atomic mass is 10.2. The summed E-state index contributed by atoms with van der Waals surface area (Å²) in [5.74, 6) is -0.581. The van der Waals surface area contributed by atoms with Gasteiger partial charge in [-0.25, -0.2) is 13.2 Å². The zero-order chi connectivity index (χ0) is 22.1. The molecule has 4 N–H and O–H groups in total. The summed E-state index contributed by atoms with van der Waals surface area (Å²) in [6.07, 6.45) is 0. The molecule has 2 aromatic rings. The Kier molecular flexibility index (Phi) is 6.10. The van der Waals surface area contributed by atoms with Crippen molar-refractivity contribution in [1.29, 1.82) is 0 Å². The summed E-state index contributed by atoms with van der Waals surface area (Å²) in [5, 5.41) is 0. The Bertz CT molecular complexity index is 1180. The van der Waals surface area contributed by atoms with Crippen LogP contribution in [-0.2, 0) is 16.6 Å². The number of aromatic nitrogens is 2. The maximum absolute atomic E-state index is 13.0. The van der Waals surface area contributed by atoms with E-state index in [0.717, 1.165) is 0 Å². The lowest BCUT2D eigenvalue weighted by Crippen LogP contribution is -2.48. The number of H-pyrrole nitrogens is 2.